The number of amides is 1. The fourth-order valence-corrected chi connectivity index (χ4v) is 3.77. The van der Waals surface area contributed by atoms with Crippen molar-refractivity contribution in [2.24, 2.45) is 11.8 Å². The third-order valence-corrected chi connectivity index (χ3v) is 5.74. The van der Waals surface area contributed by atoms with E-state index >= 15 is 0 Å². The molecule has 0 radical (unpaired) electrons. The number of carboxylic acid groups (broad SMARTS) is 1. The second-order valence-corrected chi connectivity index (χ2v) is 8.45. The normalized spacial score (nSPS) is 21.2. The van der Waals surface area contributed by atoms with Gasteiger partial charge in [-0.05, 0) is 49.8 Å². The molecule has 0 spiro atoms. The summed E-state index contributed by atoms with van der Waals surface area (Å²) in [6.45, 7) is 2.15. The Bertz CT molecular complexity index is 733. The minimum absolute atomic E-state index is 0.108. The van der Waals surface area contributed by atoms with Crippen LogP contribution in [-0.4, -0.2) is 31.7 Å². The highest BCUT2D eigenvalue weighted by Crippen LogP contribution is 2.31. The molecule has 2 N–H and O–H groups in total. The number of carbonyl (C=O) groups excluding carboxylic acids is 1. The molecule has 7 heteroatoms. The van der Waals surface area contributed by atoms with Gasteiger partial charge in [0.25, 0.3) is 0 Å². The van der Waals surface area contributed by atoms with Crippen LogP contribution in [0.2, 0.25) is 0 Å². The summed E-state index contributed by atoms with van der Waals surface area (Å²) in [6.07, 6.45) is 5.76. The van der Waals surface area contributed by atoms with Crippen LogP contribution in [0.15, 0.2) is 23.1 Å². The monoisotopic (exact) mass is 353 g/mol. The molecule has 0 atom stereocenters. The molecule has 1 amide bonds. The first-order chi connectivity index (χ1) is 11.2. The van der Waals surface area contributed by atoms with Gasteiger partial charge in [0.1, 0.15) is 0 Å². The number of carbonyl (C=O) groups is 2. The van der Waals surface area contributed by atoms with Gasteiger partial charge in [0, 0.05) is 17.9 Å². The van der Waals surface area contributed by atoms with E-state index in [2.05, 4.69) is 12.2 Å². The Morgan fingerprint density at radius 2 is 1.79 bits per heavy atom. The summed E-state index contributed by atoms with van der Waals surface area (Å²) in [6, 6.07) is 3.68. The molecule has 0 bridgehead atoms. The highest BCUT2D eigenvalue weighted by Gasteiger charge is 2.26. The van der Waals surface area contributed by atoms with E-state index in [-0.39, 0.29) is 28.0 Å². The summed E-state index contributed by atoms with van der Waals surface area (Å²) >= 11 is 0. The molecule has 1 aliphatic rings. The van der Waals surface area contributed by atoms with Gasteiger partial charge in [0.15, 0.2) is 9.84 Å². The molecule has 1 fully saturated rings. The van der Waals surface area contributed by atoms with Gasteiger partial charge >= 0.3 is 5.97 Å². The minimum Gasteiger partial charge on any atom is -0.478 e. The first-order valence-electron chi connectivity index (χ1n) is 8.10. The maximum Gasteiger partial charge on any atom is 0.335 e. The molecule has 1 saturated carbocycles. The van der Waals surface area contributed by atoms with Gasteiger partial charge in [-0.3, -0.25) is 4.79 Å². The van der Waals surface area contributed by atoms with Crippen molar-refractivity contribution in [3.05, 3.63) is 23.8 Å². The van der Waals surface area contributed by atoms with Crippen LogP contribution >= 0.6 is 0 Å². The highest BCUT2D eigenvalue weighted by molar-refractivity contribution is 7.90. The number of anilines is 1. The molecule has 2 rings (SSSR count). The van der Waals surface area contributed by atoms with Crippen LogP contribution in [0.1, 0.15) is 49.4 Å². The first-order valence-corrected chi connectivity index (χ1v) is 9.99. The number of carboxylic acids is 1. The first kappa shape index (κ1) is 18.4. The zero-order valence-corrected chi connectivity index (χ0v) is 14.7. The molecule has 0 aromatic heterocycles. The number of sulfone groups is 1. The molecule has 6 nitrogen and oxygen atoms in total. The smallest absolute Gasteiger partial charge is 0.335 e. The lowest BCUT2D eigenvalue weighted by Gasteiger charge is -2.27. The number of rotatable bonds is 5. The van der Waals surface area contributed by atoms with Crippen molar-refractivity contribution in [1.29, 1.82) is 0 Å². The summed E-state index contributed by atoms with van der Waals surface area (Å²) in [5.41, 5.74) is 0.0425. The van der Waals surface area contributed by atoms with E-state index in [9.17, 15) is 18.0 Å². The van der Waals surface area contributed by atoms with Crippen LogP contribution < -0.4 is 5.32 Å². The van der Waals surface area contributed by atoms with E-state index in [1.807, 2.05) is 0 Å². The zero-order chi connectivity index (χ0) is 17.9. The molecular weight excluding hydrogens is 330 g/mol. The quantitative estimate of drug-likeness (QED) is 0.847. The van der Waals surface area contributed by atoms with E-state index in [0.717, 1.165) is 44.4 Å². The third-order valence-electron chi connectivity index (χ3n) is 4.64. The Labute approximate surface area is 142 Å². The molecule has 0 saturated heterocycles. The molecule has 0 heterocycles. The lowest BCUT2D eigenvalue weighted by Crippen LogP contribution is -2.27. The van der Waals surface area contributed by atoms with Gasteiger partial charge in [-0.15, -0.1) is 0 Å². The molecule has 24 heavy (non-hydrogen) atoms. The van der Waals surface area contributed by atoms with Gasteiger partial charge < -0.3 is 10.4 Å². The van der Waals surface area contributed by atoms with Crippen LogP contribution in [0, 0.1) is 11.8 Å². The van der Waals surface area contributed by atoms with Gasteiger partial charge in [-0.25, -0.2) is 13.2 Å². The number of hydrogen-bond donors (Lipinski definition) is 2. The maximum atomic E-state index is 12.4. The van der Waals surface area contributed by atoms with Gasteiger partial charge in [0.05, 0.1) is 10.5 Å². The van der Waals surface area contributed by atoms with E-state index < -0.39 is 15.8 Å². The predicted octanol–water partition coefficient (Wildman–Crippen LogP) is 2.94. The van der Waals surface area contributed by atoms with Gasteiger partial charge in [-0.2, -0.15) is 0 Å². The molecule has 1 aliphatic carbocycles. The third kappa shape index (κ3) is 4.56. The van der Waals surface area contributed by atoms with Crippen molar-refractivity contribution in [3.8, 4) is 0 Å². The average molecular weight is 353 g/mol. The van der Waals surface area contributed by atoms with E-state index in [1.54, 1.807) is 0 Å². The lowest BCUT2D eigenvalue weighted by atomic mass is 9.80. The minimum atomic E-state index is -3.57. The van der Waals surface area contributed by atoms with Crippen LogP contribution in [0.5, 0.6) is 0 Å². The van der Waals surface area contributed by atoms with E-state index in [1.165, 1.54) is 12.1 Å². The van der Waals surface area contributed by atoms with Gasteiger partial charge in [-0.1, -0.05) is 13.3 Å². The molecule has 1 aromatic carbocycles. The van der Waals surface area contributed by atoms with E-state index in [4.69, 9.17) is 5.11 Å². The second kappa shape index (κ2) is 7.34. The average Bonchev–Trinajstić information content (AvgIpc) is 2.53. The van der Waals surface area contributed by atoms with E-state index in [0.29, 0.717) is 5.92 Å². The Morgan fingerprint density at radius 1 is 1.17 bits per heavy atom. The standard InChI is InChI=1S/C17H23NO5S/c1-3-11-4-6-12(7-5-11)16(19)18-14-8-13(17(20)21)9-15(10-14)24(2,22)23/h8-12H,3-7H2,1-2H3,(H,18,19)(H,20,21). The Kier molecular flexibility index (Phi) is 5.64. The highest BCUT2D eigenvalue weighted by atomic mass is 32.2. The summed E-state index contributed by atoms with van der Waals surface area (Å²) in [5, 5.41) is 11.8. The topological polar surface area (TPSA) is 101 Å². The Balaban J connectivity index is 2.18. The van der Waals surface area contributed by atoms with Gasteiger partial charge in [0.2, 0.25) is 5.91 Å². The van der Waals surface area contributed by atoms with Crippen molar-refractivity contribution < 1.29 is 23.1 Å². The predicted molar refractivity (Wildman–Crippen MR) is 90.9 cm³/mol. The number of nitrogens with one attached hydrogen (secondary N) is 1. The van der Waals surface area contributed by atoms with Crippen molar-refractivity contribution in [2.75, 3.05) is 11.6 Å². The van der Waals surface area contributed by atoms with Crippen molar-refractivity contribution in [1.82, 2.24) is 0 Å². The van der Waals surface area contributed by atoms with Crippen molar-refractivity contribution >= 4 is 27.4 Å². The van der Waals surface area contributed by atoms with Crippen LogP contribution in [-0.2, 0) is 14.6 Å². The largest absolute Gasteiger partial charge is 0.478 e. The fraction of sp³-hybridized carbons (Fsp3) is 0.529. The Morgan fingerprint density at radius 3 is 2.29 bits per heavy atom. The van der Waals surface area contributed by atoms with Crippen LogP contribution in [0.4, 0.5) is 5.69 Å². The molecule has 132 valence electrons. The summed E-state index contributed by atoms with van der Waals surface area (Å²) in [5.74, 6) is -0.852. The molecule has 0 unspecified atom stereocenters. The summed E-state index contributed by atoms with van der Waals surface area (Å²) in [7, 11) is -3.57. The number of aromatic carboxylic acids is 1. The summed E-state index contributed by atoms with van der Waals surface area (Å²) in [4.78, 5) is 23.5. The molecule has 0 aliphatic heterocycles. The Hall–Kier alpha value is -1.89. The SMILES string of the molecule is CCC1CCC(C(=O)Nc2cc(C(=O)O)cc(S(C)(=O)=O)c2)CC1. The van der Waals surface area contributed by atoms with Crippen molar-refractivity contribution in [2.45, 2.75) is 43.9 Å². The number of benzene rings is 1. The summed E-state index contributed by atoms with van der Waals surface area (Å²) < 4.78 is 23.4. The van der Waals surface area contributed by atoms with Crippen molar-refractivity contribution in [3.63, 3.8) is 0 Å². The second-order valence-electron chi connectivity index (χ2n) is 6.44. The molecule has 1 aromatic rings. The zero-order valence-electron chi connectivity index (χ0n) is 13.9. The number of hydrogen-bond acceptors (Lipinski definition) is 4. The van der Waals surface area contributed by atoms with Crippen LogP contribution in [0.25, 0.3) is 0 Å². The maximum absolute atomic E-state index is 12.4. The fourth-order valence-electron chi connectivity index (χ4n) is 3.09. The van der Waals surface area contributed by atoms with Crippen LogP contribution in [0.3, 0.4) is 0 Å². The molecular formula is C17H23NO5S. The lowest BCUT2D eigenvalue weighted by molar-refractivity contribution is -0.121.